The van der Waals surface area contributed by atoms with Crippen LogP contribution in [0.4, 0.5) is 0 Å². The van der Waals surface area contributed by atoms with Crippen LogP contribution in [0.1, 0.15) is 42.6 Å². The lowest BCUT2D eigenvalue weighted by Gasteiger charge is -2.20. The Bertz CT molecular complexity index is 566. The number of imidazole rings is 1. The van der Waals surface area contributed by atoms with Gasteiger partial charge < -0.3 is 15.0 Å². The predicted octanol–water partition coefficient (Wildman–Crippen LogP) is 2.87. The van der Waals surface area contributed by atoms with Crippen molar-refractivity contribution in [2.75, 3.05) is 7.11 Å². The molecule has 2 unspecified atom stereocenters. The van der Waals surface area contributed by atoms with E-state index in [4.69, 9.17) is 10.5 Å². The largest absolute Gasteiger partial charge is 0.381 e. The van der Waals surface area contributed by atoms with Crippen LogP contribution in [0.3, 0.4) is 0 Å². The zero-order valence-electron chi connectivity index (χ0n) is 12.5. The van der Waals surface area contributed by atoms with Gasteiger partial charge in [0.25, 0.3) is 0 Å². The summed E-state index contributed by atoms with van der Waals surface area (Å²) >= 11 is 0. The molecule has 4 heteroatoms. The average Bonchev–Trinajstić information content (AvgIpc) is 3.16. The number of ether oxygens (including phenoxy) is 1. The van der Waals surface area contributed by atoms with Crippen molar-refractivity contribution in [2.45, 2.75) is 43.9 Å². The van der Waals surface area contributed by atoms with Crippen LogP contribution < -0.4 is 5.73 Å². The van der Waals surface area contributed by atoms with Crippen LogP contribution in [0.2, 0.25) is 0 Å². The molecule has 3 rings (SSSR count). The van der Waals surface area contributed by atoms with Crippen LogP contribution in [0.5, 0.6) is 0 Å². The van der Waals surface area contributed by atoms with E-state index in [-0.39, 0.29) is 6.04 Å². The Hall–Kier alpha value is -1.65. The molecule has 3 atom stereocenters. The summed E-state index contributed by atoms with van der Waals surface area (Å²) in [5.41, 5.74) is 8.80. The first-order chi connectivity index (χ1) is 10.3. The molecule has 2 aromatic rings. The summed E-state index contributed by atoms with van der Waals surface area (Å²) < 4.78 is 7.73. The van der Waals surface area contributed by atoms with Crippen molar-refractivity contribution in [1.82, 2.24) is 9.55 Å². The second-order valence-corrected chi connectivity index (χ2v) is 5.85. The van der Waals surface area contributed by atoms with Gasteiger partial charge in [0.05, 0.1) is 24.2 Å². The molecule has 1 aromatic carbocycles. The Morgan fingerprint density at radius 1 is 1.33 bits per heavy atom. The van der Waals surface area contributed by atoms with Crippen LogP contribution in [0.15, 0.2) is 42.9 Å². The van der Waals surface area contributed by atoms with Gasteiger partial charge in [-0.25, -0.2) is 4.98 Å². The molecule has 0 bridgehead atoms. The van der Waals surface area contributed by atoms with E-state index in [1.807, 2.05) is 18.6 Å². The Labute approximate surface area is 125 Å². The van der Waals surface area contributed by atoms with Gasteiger partial charge in [0, 0.05) is 19.3 Å². The van der Waals surface area contributed by atoms with Crippen molar-refractivity contribution in [2.24, 2.45) is 5.73 Å². The number of hydrogen-bond acceptors (Lipinski definition) is 3. The van der Waals surface area contributed by atoms with Crippen molar-refractivity contribution < 1.29 is 4.74 Å². The average molecular weight is 285 g/mol. The lowest BCUT2D eigenvalue weighted by atomic mass is 10.0. The molecule has 1 fully saturated rings. The normalized spacial score (nSPS) is 23.3. The minimum Gasteiger partial charge on any atom is -0.381 e. The van der Waals surface area contributed by atoms with E-state index in [0.717, 1.165) is 31.4 Å². The molecule has 0 spiro atoms. The fraction of sp³-hybridized carbons (Fsp3) is 0.471. The maximum Gasteiger partial charge on any atom is 0.0951 e. The highest BCUT2D eigenvalue weighted by atomic mass is 16.5. The van der Waals surface area contributed by atoms with E-state index >= 15 is 0 Å². The Morgan fingerprint density at radius 3 is 2.86 bits per heavy atom. The molecule has 21 heavy (non-hydrogen) atoms. The first-order valence-corrected chi connectivity index (χ1v) is 7.62. The van der Waals surface area contributed by atoms with Gasteiger partial charge in [0.1, 0.15) is 0 Å². The van der Waals surface area contributed by atoms with E-state index in [0.29, 0.717) is 12.1 Å². The van der Waals surface area contributed by atoms with E-state index < -0.39 is 0 Å². The van der Waals surface area contributed by atoms with Gasteiger partial charge in [0.15, 0.2) is 0 Å². The van der Waals surface area contributed by atoms with Crippen LogP contribution in [-0.4, -0.2) is 22.8 Å². The monoisotopic (exact) mass is 285 g/mol. The van der Waals surface area contributed by atoms with Gasteiger partial charge in [-0.05, 0) is 31.2 Å². The van der Waals surface area contributed by atoms with E-state index in [9.17, 15) is 0 Å². The summed E-state index contributed by atoms with van der Waals surface area (Å²) in [6.07, 6.45) is 8.35. The van der Waals surface area contributed by atoms with Gasteiger partial charge in [0.2, 0.25) is 0 Å². The quantitative estimate of drug-likeness (QED) is 0.919. The van der Waals surface area contributed by atoms with Gasteiger partial charge in [-0.3, -0.25) is 0 Å². The summed E-state index contributed by atoms with van der Waals surface area (Å²) in [5.74, 6) is 0. The van der Waals surface area contributed by atoms with Crippen LogP contribution in [-0.2, 0) is 11.2 Å². The second-order valence-electron chi connectivity index (χ2n) is 5.85. The first-order valence-electron chi connectivity index (χ1n) is 7.62. The van der Waals surface area contributed by atoms with Crippen LogP contribution in [0.25, 0.3) is 0 Å². The van der Waals surface area contributed by atoms with Crippen molar-refractivity contribution >= 4 is 0 Å². The lowest BCUT2D eigenvalue weighted by Crippen LogP contribution is -2.20. The molecule has 1 aromatic heterocycles. The van der Waals surface area contributed by atoms with Crippen LogP contribution in [0, 0.1) is 0 Å². The summed E-state index contributed by atoms with van der Waals surface area (Å²) in [6.45, 7) is 0. The highest BCUT2D eigenvalue weighted by Gasteiger charge is 2.27. The van der Waals surface area contributed by atoms with Gasteiger partial charge in [-0.1, -0.05) is 30.3 Å². The lowest BCUT2D eigenvalue weighted by molar-refractivity contribution is 0.105. The number of rotatable bonds is 5. The van der Waals surface area contributed by atoms with Crippen molar-refractivity contribution in [3.8, 4) is 0 Å². The number of methoxy groups -OCH3 is 1. The minimum atomic E-state index is -0.0171. The third-order valence-corrected chi connectivity index (χ3v) is 4.46. The Balaban J connectivity index is 1.73. The molecule has 112 valence electrons. The summed E-state index contributed by atoms with van der Waals surface area (Å²) in [7, 11) is 1.79. The molecule has 0 saturated heterocycles. The SMILES string of the molecule is COC1CCC(n2cncc2[C@H](N)Cc2ccccc2)C1. The molecular formula is C17H23N3O. The zero-order valence-corrected chi connectivity index (χ0v) is 12.5. The number of hydrogen-bond donors (Lipinski definition) is 1. The molecular weight excluding hydrogens is 262 g/mol. The highest BCUT2D eigenvalue weighted by molar-refractivity contribution is 5.19. The molecule has 4 nitrogen and oxygen atoms in total. The first kappa shape index (κ1) is 14.3. The molecule has 2 N–H and O–H groups in total. The van der Waals surface area contributed by atoms with Gasteiger partial charge in [-0.15, -0.1) is 0 Å². The molecule has 0 amide bonds. The third-order valence-electron chi connectivity index (χ3n) is 4.46. The molecule has 1 aliphatic carbocycles. The standard InChI is InChI=1S/C17H23N3O/c1-21-15-8-7-14(10-15)20-12-19-11-17(20)16(18)9-13-5-3-2-4-6-13/h2-6,11-12,14-16H,7-10,18H2,1H3/t14?,15?,16-/m1/s1. The van der Waals surface area contributed by atoms with E-state index in [2.05, 4.69) is 33.8 Å². The molecule has 1 heterocycles. The van der Waals surface area contributed by atoms with Gasteiger partial charge in [-0.2, -0.15) is 0 Å². The van der Waals surface area contributed by atoms with Crippen LogP contribution >= 0.6 is 0 Å². The number of nitrogens with zero attached hydrogens (tertiary/aromatic N) is 2. The molecule has 0 radical (unpaired) electrons. The Morgan fingerprint density at radius 2 is 2.14 bits per heavy atom. The second kappa shape index (κ2) is 6.41. The number of nitrogens with two attached hydrogens (primary N) is 1. The minimum absolute atomic E-state index is 0.0171. The van der Waals surface area contributed by atoms with Crippen molar-refractivity contribution in [3.05, 3.63) is 54.1 Å². The highest BCUT2D eigenvalue weighted by Crippen LogP contribution is 2.33. The number of aromatic nitrogens is 2. The fourth-order valence-corrected chi connectivity index (χ4v) is 3.26. The fourth-order valence-electron chi connectivity index (χ4n) is 3.26. The predicted molar refractivity (Wildman–Crippen MR) is 83.0 cm³/mol. The maximum absolute atomic E-state index is 6.41. The third kappa shape index (κ3) is 3.17. The van der Waals surface area contributed by atoms with Crippen molar-refractivity contribution in [1.29, 1.82) is 0 Å². The topological polar surface area (TPSA) is 53.1 Å². The summed E-state index contributed by atoms with van der Waals surface area (Å²) in [4.78, 5) is 4.32. The zero-order chi connectivity index (χ0) is 14.7. The molecule has 1 aliphatic rings. The van der Waals surface area contributed by atoms with Gasteiger partial charge >= 0.3 is 0 Å². The van der Waals surface area contributed by atoms with E-state index in [1.54, 1.807) is 7.11 Å². The Kier molecular flexibility index (Phi) is 4.36. The summed E-state index contributed by atoms with van der Waals surface area (Å²) in [6, 6.07) is 10.8. The molecule has 0 aliphatic heterocycles. The molecule has 1 saturated carbocycles. The maximum atomic E-state index is 6.41. The smallest absolute Gasteiger partial charge is 0.0951 e. The van der Waals surface area contributed by atoms with Crippen molar-refractivity contribution in [3.63, 3.8) is 0 Å². The summed E-state index contributed by atoms with van der Waals surface area (Å²) in [5, 5.41) is 0. The van der Waals surface area contributed by atoms with E-state index in [1.165, 1.54) is 5.56 Å². The number of benzene rings is 1.